The predicted octanol–water partition coefficient (Wildman–Crippen LogP) is 3.50. The molecule has 1 aliphatic rings. The monoisotopic (exact) mass is 408 g/mol. The Labute approximate surface area is 164 Å². The van der Waals surface area contributed by atoms with E-state index < -0.39 is 10.0 Å². The standard InChI is InChI=1S/C19H24N2O4S2/c1-19(2,3)14-4-5-18(16(12-14)21-7-9-25-10-8-21)27(23,24)20-15-6-11-26-17(15)13-22/h4-6,11-13,20H,7-10H2,1-3H3. The van der Waals surface area contributed by atoms with Gasteiger partial charge in [0.25, 0.3) is 10.0 Å². The molecule has 0 saturated carbocycles. The fourth-order valence-electron chi connectivity index (χ4n) is 2.96. The van der Waals surface area contributed by atoms with Gasteiger partial charge in [-0.15, -0.1) is 11.3 Å². The van der Waals surface area contributed by atoms with Gasteiger partial charge in [0.1, 0.15) is 4.90 Å². The highest BCUT2D eigenvalue weighted by atomic mass is 32.2. The summed E-state index contributed by atoms with van der Waals surface area (Å²) in [6.07, 6.45) is 0.661. The van der Waals surface area contributed by atoms with Crippen molar-refractivity contribution in [2.45, 2.75) is 31.1 Å². The van der Waals surface area contributed by atoms with Gasteiger partial charge in [-0.05, 0) is 34.6 Å². The maximum atomic E-state index is 13.1. The number of rotatable bonds is 5. The summed E-state index contributed by atoms with van der Waals surface area (Å²) in [5.41, 5.74) is 1.94. The molecule has 2 aromatic rings. The molecule has 27 heavy (non-hydrogen) atoms. The summed E-state index contributed by atoms with van der Waals surface area (Å²) in [6.45, 7) is 8.68. The molecular formula is C19H24N2O4S2. The molecule has 1 fully saturated rings. The number of nitrogens with one attached hydrogen (secondary N) is 1. The van der Waals surface area contributed by atoms with Crippen molar-refractivity contribution in [3.05, 3.63) is 40.1 Å². The molecule has 0 amide bonds. The van der Waals surface area contributed by atoms with Gasteiger partial charge in [-0.3, -0.25) is 9.52 Å². The molecule has 1 aromatic heterocycles. The molecule has 6 nitrogen and oxygen atoms in total. The number of benzene rings is 1. The van der Waals surface area contributed by atoms with Gasteiger partial charge in [-0.2, -0.15) is 0 Å². The lowest BCUT2D eigenvalue weighted by atomic mass is 9.87. The number of carbonyl (C=O) groups excluding carboxylic acids is 1. The number of hydrogen-bond acceptors (Lipinski definition) is 6. The Kier molecular flexibility index (Phi) is 5.60. The highest BCUT2D eigenvalue weighted by molar-refractivity contribution is 7.93. The van der Waals surface area contributed by atoms with Crippen molar-refractivity contribution in [3.8, 4) is 0 Å². The summed E-state index contributed by atoms with van der Waals surface area (Å²) in [6, 6.07) is 7.06. The van der Waals surface area contributed by atoms with Crippen molar-refractivity contribution in [2.75, 3.05) is 35.9 Å². The zero-order chi connectivity index (χ0) is 19.7. The van der Waals surface area contributed by atoms with Crippen molar-refractivity contribution in [3.63, 3.8) is 0 Å². The third-order valence-electron chi connectivity index (χ3n) is 4.51. The molecular weight excluding hydrogens is 384 g/mol. The number of hydrogen-bond donors (Lipinski definition) is 1. The number of sulfonamides is 1. The van der Waals surface area contributed by atoms with E-state index in [1.807, 2.05) is 17.0 Å². The van der Waals surface area contributed by atoms with Gasteiger partial charge in [0.2, 0.25) is 0 Å². The molecule has 0 atom stereocenters. The fourth-order valence-corrected chi connectivity index (χ4v) is 4.96. The maximum Gasteiger partial charge on any atom is 0.264 e. The van der Waals surface area contributed by atoms with Crippen LogP contribution < -0.4 is 9.62 Å². The van der Waals surface area contributed by atoms with Gasteiger partial charge in [0.15, 0.2) is 6.29 Å². The predicted molar refractivity (Wildman–Crippen MR) is 109 cm³/mol. The minimum Gasteiger partial charge on any atom is -0.378 e. The fraction of sp³-hybridized carbons (Fsp3) is 0.421. The largest absolute Gasteiger partial charge is 0.378 e. The van der Waals surface area contributed by atoms with E-state index >= 15 is 0 Å². The van der Waals surface area contributed by atoms with Crippen LogP contribution in [-0.4, -0.2) is 41.0 Å². The van der Waals surface area contributed by atoms with Crippen LogP contribution in [0, 0.1) is 0 Å². The SMILES string of the molecule is CC(C)(C)c1ccc(S(=O)(=O)Nc2ccsc2C=O)c(N2CCOCC2)c1. The minimum absolute atomic E-state index is 0.102. The van der Waals surface area contributed by atoms with Gasteiger partial charge in [0.05, 0.1) is 29.5 Å². The Hall–Kier alpha value is -1.90. The van der Waals surface area contributed by atoms with E-state index in [0.717, 1.165) is 5.56 Å². The van der Waals surface area contributed by atoms with Crippen LogP contribution in [0.5, 0.6) is 0 Å². The van der Waals surface area contributed by atoms with Crippen LogP contribution in [0.3, 0.4) is 0 Å². The van der Waals surface area contributed by atoms with E-state index in [-0.39, 0.29) is 10.3 Å². The highest BCUT2D eigenvalue weighted by Crippen LogP contribution is 2.34. The van der Waals surface area contributed by atoms with E-state index in [1.165, 1.54) is 11.3 Å². The van der Waals surface area contributed by atoms with Gasteiger partial charge in [-0.25, -0.2) is 8.42 Å². The molecule has 1 saturated heterocycles. The first-order valence-electron chi connectivity index (χ1n) is 8.75. The molecule has 0 aliphatic carbocycles. The first-order valence-corrected chi connectivity index (χ1v) is 11.1. The smallest absolute Gasteiger partial charge is 0.264 e. The van der Waals surface area contributed by atoms with Crippen LogP contribution in [0.15, 0.2) is 34.5 Å². The van der Waals surface area contributed by atoms with Crippen molar-refractivity contribution in [1.29, 1.82) is 0 Å². The van der Waals surface area contributed by atoms with Crippen molar-refractivity contribution in [1.82, 2.24) is 0 Å². The van der Waals surface area contributed by atoms with Gasteiger partial charge in [0, 0.05) is 13.1 Å². The first-order chi connectivity index (χ1) is 12.7. The number of thiophene rings is 1. The Bertz CT molecular complexity index is 923. The summed E-state index contributed by atoms with van der Waals surface area (Å²) < 4.78 is 34.2. The van der Waals surface area contributed by atoms with Crippen molar-refractivity contribution in [2.24, 2.45) is 0 Å². The summed E-state index contributed by atoms with van der Waals surface area (Å²) in [7, 11) is -3.84. The lowest BCUT2D eigenvalue weighted by Crippen LogP contribution is -2.37. The van der Waals surface area contributed by atoms with Crippen LogP contribution in [-0.2, 0) is 20.2 Å². The Morgan fingerprint density at radius 3 is 2.52 bits per heavy atom. The van der Waals surface area contributed by atoms with Crippen LogP contribution in [0.4, 0.5) is 11.4 Å². The number of aldehydes is 1. The lowest BCUT2D eigenvalue weighted by Gasteiger charge is -2.32. The second kappa shape index (κ2) is 7.61. The minimum atomic E-state index is -3.84. The summed E-state index contributed by atoms with van der Waals surface area (Å²) in [5, 5.41) is 1.69. The lowest BCUT2D eigenvalue weighted by molar-refractivity contribution is 0.112. The molecule has 0 radical (unpaired) electrons. The Morgan fingerprint density at radius 1 is 1.19 bits per heavy atom. The van der Waals surface area contributed by atoms with E-state index in [2.05, 4.69) is 25.5 Å². The van der Waals surface area contributed by atoms with Crippen LogP contribution in [0.2, 0.25) is 0 Å². The third kappa shape index (κ3) is 4.34. The second-order valence-corrected chi connectivity index (χ2v) is 10.1. The topological polar surface area (TPSA) is 75.7 Å². The van der Waals surface area contributed by atoms with Crippen LogP contribution in [0.1, 0.15) is 36.0 Å². The molecule has 146 valence electrons. The molecule has 0 bridgehead atoms. The Morgan fingerprint density at radius 2 is 1.89 bits per heavy atom. The zero-order valence-corrected chi connectivity index (χ0v) is 17.3. The van der Waals surface area contributed by atoms with E-state index in [1.54, 1.807) is 17.5 Å². The summed E-state index contributed by atoms with van der Waals surface area (Å²) in [4.78, 5) is 13.7. The number of anilines is 2. The van der Waals surface area contributed by atoms with E-state index in [0.29, 0.717) is 48.8 Å². The van der Waals surface area contributed by atoms with E-state index in [4.69, 9.17) is 4.74 Å². The van der Waals surface area contributed by atoms with Crippen molar-refractivity contribution < 1.29 is 17.9 Å². The normalized spacial score (nSPS) is 15.6. The Balaban J connectivity index is 2.06. The molecule has 1 aromatic carbocycles. The number of carbonyl (C=O) groups is 1. The second-order valence-electron chi connectivity index (χ2n) is 7.45. The van der Waals surface area contributed by atoms with Crippen molar-refractivity contribution >= 4 is 39.0 Å². The highest BCUT2D eigenvalue weighted by Gasteiger charge is 2.26. The summed E-state index contributed by atoms with van der Waals surface area (Å²) >= 11 is 1.20. The average molecular weight is 409 g/mol. The maximum absolute atomic E-state index is 13.1. The molecule has 0 spiro atoms. The quantitative estimate of drug-likeness (QED) is 0.767. The van der Waals surface area contributed by atoms with E-state index in [9.17, 15) is 13.2 Å². The van der Waals surface area contributed by atoms with Gasteiger partial charge < -0.3 is 9.64 Å². The summed E-state index contributed by atoms with van der Waals surface area (Å²) in [5.74, 6) is 0. The molecule has 0 unspecified atom stereocenters. The molecule has 2 heterocycles. The molecule has 3 rings (SSSR count). The average Bonchev–Trinajstić information content (AvgIpc) is 3.07. The third-order valence-corrected chi connectivity index (χ3v) is 6.77. The first kappa shape index (κ1) is 19.9. The molecule has 8 heteroatoms. The van der Waals surface area contributed by atoms with Gasteiger partial charge >= 0.3 is 0 Å². The number of morpholine rings is 1. The molecule has 1 N–H and O–H groups in total. The number of nitrogens with zero attached hydrogens (tertiary/aromatic N) is 1. The van der Waals surface area contributed by atoms with Crippen LogP contribution in [0.25, 0.3) is 0 Å². The van der Waals surface area contributed by atoms with Gasteiger partial charge in [-0.1, -0.05) is 26.8 Å². The number of ether oxygens (including phenoxy) is 1. The molecule has 1 aliphatic heterocycles. The zero-order valence-electron chi connectivity index (χ0n) is 15.7. The van der Waals surface area contributed by atoms with Crippen LogP contribution >= 0.6 is 11.3 Å².